The fourth-order valence-corrected chi connectivity index (χ4v) is 4.13. The average molecular weight is 453 g/mol. The van der Waals surface area contributed by atoms with Crippen LogP contribution in [0, 0.1) is 12.7 Å². The largest absolute Gasteiger partial charge is 0.356 e. The molecule has 6 nitrogen and oxygen atoms in total. The molecule has 1 aromatic heterocycles. The van der Waals surface area contributed by atoms with E-state index in [1.165, 1.54) is 12.1 Å². The van der Waals surface area contributed by atoms with Crippen LogP contribution in [0.1, 0.15) is 31.2 Å². The summed E-state index contributed by atoms with van der Waals surface area (Å²) >= 11 is 6.31. The van der Waals surface area contributed by atoms with Crippen LogP contribution in [-0.4, -0.2) is 47.3 Å². The van der Waals surface area contributed by atoms with Gasteiger partial charge in [0.2, 0.25) is 5.96 Å². The smallest absolute Gasteiger partial charge is 0.218 e. The first-order valence-electron chi connectivity index (χ1n) is 10.7. The number of hydrogen-bond acceptors (Lipinski definition) is 6. The molecule has 2 aliphatic heterocycles. The van der Waals surface area contributed by atoms with E-state index in [1.807, 2.05) is 38.1 Å². The molecular weight excluding hydrogens is 427 g/mol. The molecular formula is C24H26ClFN6. The second kappa shape index (κ2) is 10.0. The van der Waals surface area contributed by atoms with Crippen molar-refractivity contribution < 1.29 is 4.39 Å². The molecule has 0 atom stereocenters. The maximum Gasteiger partial charge on any atom is 0.218 e. The second-order valence-corrected chi connectivity index (χ2v) is 8.27. The van der Waals surface area contributed by atoms with Gasteiger partial charge < -0.3 is 10.2 Å². The number of aliphatic imine (C=N–C) groups is 2. The standard InChI is InChI=1S/C24H26ClFN6/c1-16-20(21-7-6-18(26)15-22(21)25)5-3-4-11-28-24(29-16)31-19-9-13-32(14-10-19)23-8-12-27-17(2)30-23/h3-8,12,15,19H,9-11,13-14H2,1-2H3,(H,28,31)/b4-3+,20-5+,29-16+. The van der Waals surface area contributed by atoms with E-state index in [4.69, 9.17) is 16.6 Å². The summed E-state index contributed by atoms with van der Waals surface area (Å²) in [6.45, 7) is 6.16. The van der Waals surface area contributed by atoms with Gasteiger partial charge in [-0.25, -0.2) is 24.3 Å². The maximum absolute atomic E-state index is 13.5. The number of aromatic nitrogens is 2. The van der Waals surface area contributed by atoms with Crippen LogP contribution in [0.5, 0.6) is 0 Å². The summed E-state index contributed by atoms with van der Waals surface area (Å²) < 4.78 is 13.5. The van der Waals surface area contributed by atoms with E-state index < -0.39 is 0 Å². The number of aryl methyl sites for hydroxylation is 1. The molecule has 3 heterocycles. The van der Waals surface area contributed by atoms with Crippen molar-refractivity contribution in [3.63, 3.8) is 0 Å². The lowest BCUT2D eigenvalue weighted by molar-refractivity contribution is 0.462. The first-order chi connectivity index (χ1) is 15.5. The van der Waals surface area contributed by atoms with Crippen molar-refractivity contribution >= 4 is 34.7 Å². The molecule has 2 aromatic rings. The Bertz CT molecular complexity index is 1100. The van der Waals surface area contributed by atoms with Gasteiger partial charge in [-0.05, 0) is 51.0 Å². The highest BCUT2D eigenvalue weighted by Gasteiger charge is 2.21. The highest BCUT2D eigenvalue weighted by Crippen LogP contribution is 2.26. The summed E-state index contributed by atoms with van der Waals surface area (Å²) in [5, 5.41) is 3.87. The topological polar surface area (TPSA) is 65.8 Å². The van der Waals surface area contributed by atoms with Gasteiger partial charge in [-0.1, -0.05) is 29.8 Å². The number of guanidine groups is 1. The maximum atomic E-state index is 13.5. The molecule has 0 unspecified atom stereocenters. The average Bonchev–Trinajstić information content (AvgIpc) is 2.85. The van der Waals surface area contributed by atoms with Gasteiger partial charge in [0, 0.05) is 42.2 Å². The zero-order chi connectivity index (χ0) is 22.5. The van der Waals surface area contributed by atoms with Crippen molar-refractivity contribution in [3.8, 4) is 0 Å². The Kier molecular flexibility index (Phi) is 6.95. The van der Waals surface area contributed by atoms with Crippen LogP contribution in [0.3, 0.4) is 0 Å². The Labute approximate surface area is 192 Å². The Morgan fingerprint density at radius 2 is 1.97 bits per heavy atom. The Morgan fingerprint density at radius 3 is 2.72 bits per heavy atom. The van der Waals surface area contributed by atoms with Crippen LogP contribution < -0.4 is 10.2 Å². The van der Waals surface area contributed by atoms with E-state index in [0.29, 0.717) is 17.5 Å². The lowest BCUT2D eigenvalue weighted by atomic mass is 10.0. The van der Waals surface area contributed by atoms with Crippen LogP contribution in [0.15, 0.2) is 58.7 Å². The zero-order valence-corrected chi connectivity index (χ0v) is 19.0. The van der Waals surface area contributed by atoms with Gasteiger partial charge in [-0.15, -0.1) is 0 Å². The molecule has 8 heteroatoms. The fraction of sp³-hybridized carbons (Fsp3) is 0.333. The molecule has 4 rings (SSSR count). The molecule has 1 fully saturated rings. The van der Waals surface area contributed by atoms with E-state index in [2.05, 4.69) is 25.2 Å². The van der Waals surface area contributed by atoms with Crippen molar-refractivity contribution in [2.75, 3.05) is 24.5 Å². The minimum atomic E-state index is -0.361. The molecule has 2 aliphatic rings. The lowest BCUT2D eigenvalue weighted by Crippen LogP contribution is -2.44. The van der Waals surface area contributed by atoms with Gasteiger partial charge >= 0.3 is 0 Å². The predicted molar refractivity (Wildman–Crippen MR) is 129 cm³/mol. The summed E-state index contributed by atoms with van der Waals surface area (Å²) in [6, 6.07) is 6.64. The number of hydrogen-bond donors (Lipinski definition) is 1. The summed E-state index contributed by atoms with van der Waals surface area (Å²) in [7, 11) is 0. The van der Waals surface area contributed by atoms with Gasteiger partial charge in [0.15, 0.2) is 0 Å². The van der Waals surface area contributed by atoms with Crippen LogP contribution in [-0.2, 0) is 0 Å². The number of halogens is 2. The van der Waals surface area contributed by atoms with Crippen molar-refractivity contribution in [1.82, 2.24) is 15.3 Å². The first-order valence-corrected chi connectivity index (χ1v) is 11.1. The van der Waals surface area contributed by atoms with Crippen LogP contribution in [0.25, 0.3) is 5.57 Å². The van der Waals surface area contributed by atoms with E-state index in [0.717, 1.165) is 54.4 Å². The Hall–Kier alpha value is -3.06. The molecule has 166 valence electrons. The monoisotopic (exact) mass is 452 g/mol. The highest BCUT2D eigenvalue weighted by molar-refractivity contribution is 6.36. The number of nitrogens with one attached hydrogen (secondary N) is 1. The van der Waals surface area contributed by atoms with Gasteiger partial charge in [-0.3, -0.25) is 0 Å². The highest BCUT2D eigenvalue weighted by atomic mass is 35.5. The first kappa shape index (κ1) is 22.1. The third-order valence-corrected chi connectivity index (χ3v) is 5.86. The number of rotatable bonds is 3. The molecule has 0 radical (unpaired) electrons. The minimum Gasteiger partial charge on any atom is -0.356 e. The minimum absolute atomic E-state index is 0.274. The second-order valence-electron chi connectivity index (χ2n) is 7.86. The molecule has 0 amide bonds. The van der Waals surface area contributed by atoms with Crippen LogP contribution in [0.4, 0.5) is 10.2 Å². The quantitative estimate of drug-likeness (QED) is 0.738. The van der Waals surface area contributed by atoms with Gasteiger partial charge in [0.05, 0.1) is 11.6 Å². The Morgan fingerprint density at radius 1 is 1.16 bits per heavy atom. The molecule has 0 bridgehead atoms. The van der Waals surface area contributed by atoms with Crippen molar-refractivity contribution in [3.05, 3.63) is 70.9 Å². The molecule has 0 aliphatic carbocycles. The summed E-state index contributed by atoms with van der Waals surface area (Å²) in [5.74, 6) is 2.00. The molecule has 0 saturated carbocycles. The number of benzene rings is 1. The third-order valence-electron chi connectivity index (χ3n) is 5.54. The molecule has 32 heavy (non-hydrogen) atoms. The van der Waals surface area contributed by atoms with Crippen molar-refractivity contribution in [1.29, 1.82) is 0 Å². The predicted octanol–water partition coefficient (Wildman–Crippen LogP) is 4.61. The van der Waals surface area contributed by atoms with E-state index >= 15 is 0 Å². The third kappa shape index (κ3) is 5.40. The number of nitrogens with zero attached hydrogens (tertiary/aromatic N) is 5. The molecule has 1 N–H and O–H groups in total. The molecule has 1 aromatic carbocycles. The van der Waals surface area contributed by atoms with Gasteiger partial charge in [-0.2, -0.15) is 0 Å². The van der Waals surface area contributed by atoms with Crippen molar-refractivity contribution in [2.24, 2.45) is 9.98 Å². The molecule has 1 saturated heterocycles. The van der Waals surface area contributed by atoms with Crippen molar-refractivity contribution in [2.45, 2.75) is 32.7 Å². The number of allylic oxidation sites excluding steroid dienone is 3. The van der Waals surface area contributed by atoms with Gasteiger partial charge in [0.1, 0.15) is 17.5 Å². The zero-order valence-electron chi connectivity index (χ0n) is 18.2. The summed E-state index contributed by atoms with van der Waals surface area (Å²) in [6.07, 6.45) is 9.56. The summed E-state index contributed by atoms with van der Waals surface area (Å²) in [5.41, 5.74) is 2.36. The normalized spacial score (nSPS) is 23.5. The summed E-state index contributed by atoms with van der Waals surface area (Å²) in [4.78, 5) is 20.4. The number of anilines is 1. The van der Waals surface area contributed by atoms with Crippen LogP contribution >= 0.6 is 11.6 Å². The van der Waals surface area contributed by atoms with E-state index in [-0.39, 0.29) is 11.9 Å². The Balaban J connectivity index is 1.46. The lowest BCUT2D eigenvalue weighted by Gasteiger charge is -2.33. The van der Waals surface area contributed by atoms with Gasteiger partial charge in [0.25, 0.3) is 0 Å². The van der Waals surface area contributed by atoms with Crippen LogP contribution in [0.2, 0.25) is 5.02 Å². The number of piperidine rings is 1. The van der Waals surface area contributed by atoms with E-state index in [1.54, 1.807) is 12.3 Å². The molecule has 0 spiro atoms. The fourth-order valence-electron chi connectivity index (χ4n) is 3.87. The SMILES string of the molecule is CC1=N\C(NC2CCN(c3ccnc(C)n3)CC2)=N/C/C=C/C=C\1c1ccc(F)cc1Cl. The van der Waals surface area contributed by atoms with E-state index in [9.17, 15) is 4.39 Å².